The highest BCUT2D eigenvalue weighted by molar-refractivity contribution is 6.30. The molecule has 2 aromatic rings. The summed E-state index contributed by atoms with van der Waals surface area (Å²) in [5.74, 6) is 1.51. The summed E-state index contributed by atoms with van der Waals surface area (Å²) < 4.78 is 11.6. The standard InChI is InChI=1S/C19H22ClNO2/c1-3-11-21-13-16-7-10-18(19(12-16)22-4-2)23-14-15-5-8-17(20)9-6-15/h3,5-10,12,21H,1,4,11,13-14H2,2H3. The van der Waals surface area contributed by atoms with Gasteiger partial charge in [0.2, 0.25) is 0 Å². The predicted molar refractivity (Wildman–Crippen MR) is 95.3 cm³/mol. The Morgan fingerprint density at radius 3 is 2.48 bits per heavy atom. The summed E-state index contributed by atoms with van der Waals surface area (Å²) in [6.45, 7) is 8.28. The van der Waals surface area contributed by atoms with E-state index >= 15 is 0 Å². The van der Waals surface area contributed by atoms with Crippen LogP contribution in [0.4, 0.5) is 0 Å². The van der Waals surface area contributed by atoms with Crippen molar-refractivity contribution in [2.75, 3.05) is 13.2 Å². The second-order valence-electron chi connectivity index (χ2n) is 5.05. The van der Waals surface area contributed by atoms with Crippen LogP contribution in [0.2, 0.25) is 5.02 Å². The lowest BCUT2D eigenvalue weighted by atomic mass is 10.2. The maximum absolute atomic E-state index is 5.89. The van der Waals surface area contributed by atoms with Gasteiger partial charge in [-0.05, 0) is 42.3 Å². The lowest BCUT2D eigenvalue weighted by Crippen LogP contribution is -2.12. The molecule has 1 N–H and O–H groups in total. The van der Waals surface area contributed by atoms with Gasteiger partial charge in [0.25, 0.3) is 0 Å². The van der Waals surface area contributed by atoms with Crippen molar-refractivity contribution in [3.63, 3.8) is 0 Å². The summed E-state index contributed by atoms with van der Waals surface area (Å²) in [5.41, 5.74) is 2.21. The molecule has 0 fully saturated rings. The van der Waals surface area contributed by atoms with E-state index < -0.39 is 0 Å². The van der Waals surface area contributed by atoms with Gasteiger partial charge in [-0.2, -0.15) is 0 Å². The summed E-state index contributed by atoms with van der Waals surface area (Å²) in [4.78, 5) is 0. The van der Waals surface area contributed by atoms with E-state index in [-0.39, 0.29) is 0 Å². The molecule has 0 spiro atoms. The molecule has 3 nitrogen and oxygen atoms in total. The van der Waals surface area contributed by atoms with Crippen LogP contribution in [0, 0.1) is 0 Å². The van der Waals surface area contributed by atoms with Gasteiger partial charge in [0.1, 0.15) is 6.61 Å². The van der Waals surface area contributed by atoms with Crippen molar-refractivity contribution in [1.29, 1.82) is 0 Å². The third kappa shape index (κ3) is 5.62. The topological polar surface area (TPSA) is 30.5 Å². The normalized spacial score (nSPS) is 10.3. The first-order valence-electron chi connectivity index (χ1n) is 7.67. The Morgan fingerprint density at radius 1 is 1.04 bits per heavy atom. The van der Waals surface area contributed by atoms with Gasteiger partial charge >= 0.3 is 0 Å². The number of nitrogens with one attached hydrogen (secondary N) is 1. The van der Waals surface area contributed by atoms with Gasteiger partial charge in [0.05, 0.1) is 6.61 Å². The molecule has 0 amide bonds. The predicted octanol–water partition coefficient (Wildman–Crippen LogP) is 4.59. The average Bonchev–Trinajstić information content (AvgIpc) is 2.56. The van der Waals surface area contributed by atoms with Gasteiger partial charge in [-0.1, -0.05) is 35.9 Å². The Kier molecular flexibility index (Phi) is 6.98. The molecule has 2 aromatic carbocycles. The average molecular weight is 332 g/mol. The van der Waals surface area contributed by atoms with Crippen LogP contribution in [0.25, 0.3) is 0 Å². The van der Waals surface area contributed by atoms with Gasteiger partial charge in [-0.3, -0.25) is 0 Å². The number of halogens is 1. The van der Waals surface area contributed by atoms with Crippen LogP contribution in [0.5, 0.6) is 11.5 Å². The SMILES string of the molecule is C=CCNCc1ccc(OCc2ccc(Cl)cc2)c(OCC)c1. The minimum Gasteiger partial charge on any atom is -0.490 e. The quantitative estimate of drug-likeness (QED) is 0.538. The number of benzene rings is 2. The molecule has 0 bridgehead atoms. The lowest BCUT2D eigenvalue weighted by Gasteiger charge is -2.14. The van der Waals surface area contributed by atoms with Crippen LogP contribution in [0.3, 0.4) is 0 Å². The van der Waals surface area contributed by atoms with E-state index in [2.05, 4.69) is 11.9 Å². The van der Waals surface area contributed by atoms with Crippen molar-refractivity contribution < 1.29 is 9.47 Å². The van der Waals surface area contributed by atoms with Crippen molar-refractivity contribution in [2.45, 2.75) is 20.1 Å². The molecule has 2 rings (SSSR count). The number of hydrogen-bond acceptors (Lipinski definition) is 3. The molecule has 0 saturated heterocycles. The summed E-state index contributed by atoms with van der Waals surface area (Å²) in [5, 5.41) is 4.00. The molecular formula is C19H22ClNO2. The molecule has 23 heavy (non-hydrogen) atoms. The summed E-state index contributed by atoms with van der Waals surface area (Å²) in [6, 6.07) is 13.6. The molecular weight excluding hydrogens is 310 g/mol. The van der Waals surface area contributed by atoms with E-state index in [9.17, 15) is 0 Å². The van der Waals surface area contributed by atoms with E-state index in [0.717, 1.165) is 40.7 Å². The molecule has 0 aliphatic rings. The number of rotatable bonds is 9. The van der Waals surface area contributed by atoms with Crippen LogP contribution in [0.15, 0.2) is 55.1 Å². The Bertz CT molecular complexity index is 626. The minimum atomic E-state index is 0.477. The van der Waals surface area contributed by atoms with Crippen molar-refractivity contribution in [3.8, 4) is 11.5 Å². The van der Waals surface area contributed by atoms with Crippen LogP contribution < -0.4 is 14.8 Å². The van der Waals surface area contributed by atoms with E-state index in [1.54, 1.807) is 0 Å². The van der Waals surface area contributed by atoms with E-state index in [1.165, 1.54) is 0 Å². The zero-order valence-electron chi connectivity index (χ0n) is 13.3. The molecule has 0 atom stereocenters. The van der Waals surface area contributed by atoms with Crippen LogP contribution in [-0.4, -0.2) is 13.2 Å². The first-order chi connectivity index (χ1) is 11.2. The van der Waals surface area contributed by atoms with Crippen LogP contribution >= 0.6 is 11.6 Å². The highest BCUT2D eigenvalue weighted by atomic mass is 35.5. The molecule has 0 aromatic heterocycles. The largest absolute Gasteiger partial charge is 0.490 e. The smallest absolute Gasteiger partial charge is 0.161 e. The van der Waals surface area contributed by atoms with Gasteiger partial charge in [0.15, 0.2) is 11.5 Å². The van der Waals surface area contributed by atoms with Crippen LogP contribution in [0.1, 0.15) is 18.1 Å². The second-order valence-corrected chi connectivity index (χ2v) is 5.49. The molecule has 0 radical (unpaired) electrons. The van der Waals surface area contributed by atoms with Crippen molar-refractivity contribution in [1.82, 2.24) is 5.32 Å². The highest BCUT2D eigenvalue weighted by Crippen LogP contribution is 2.29. The molecule has 0 heterocycles. The van der Waals surface area contributed by atoms with E-state index in [0.29, 0.717) is 13.2 Å². The zero-order valence-corrected chi connectivity index (χ0v) is 14.1. The summed E-state index contributed by atoms with van der Waals surface area (Å²) in [7, 11) is 0. The fraction of sp³-hybridized carbons (Fsp3) is 0.263. The Balaban J connectivity index is 2.04. The molecule has 0 aliphatic heterocycles. The maximum Gasteiger partial charge on any atom is 0.161 e. The van der Waals surface area contributed by atoms with Crippen molar-refractivity contribution >= 4 is 11.6 Å². The Labute approximate surface area is 142 Å². The van der Waals surface area contributed by atoms with E-state index in [1.807, 2.05) is 55.5 Å². The Hall–Kier alpha value is -1.97. The summed E-state index contributed by atoms with van der Waals surface area (Å²) in [6.07, 6.45) is 1.84. The third-order valence-corrected chi connectivity index (χ3v) is 3.49. The summed E-state index contributed by atoms with van der Waals surface area (Å²) >= 11 is 5.89. The second kappa shape index (κ2) is 9.23. The van der Waals surface area contributed by atoms with Crippen molar-refractivity contribution in [3.05, 3.63) is 71.3 Å². The molecule has 122 valence electrons. The molecule has 4 heteroatoms. The number of ether oxygens (including phenoxy) is 2. The minimum absolute atomic E-state index is 0.477. The first-order valence-corrected chi connectivity index (χ1v) is 8.05. The van der Waals surface area contributed by atoms with Gasteiger partial charge in [-0.15, -0.1) is 6.58 Å². The van der Waals surface area contributed by atoms with Crippen LogP contribution in [-0.2, 0) is 13.2 Å². The van der Waals surface area contributed by atoms with Gasteiger partial charge in [-0.25, -0.2) is 0 Å². The fourth-order valence-corrected chi connectivity index (χ4v) is 2.24. The molecule has 0 aliphatic carbocycles. The van der Waals surface area contributed by atoms with Gasteiger partial charge in [0, 0.05) is 18.1 Å². The molecule has 0 unspecified atom stereocenters. The monoisotopic (exact) mass is 331 g/mol. The third-order valence-electron chi connectivity index (χ3n) is 3.23. The fourth-order valence-electron chi connectivity index (χ4n) is 2.11. The molecule has 0 saturated carbocycles. The Morgan fingerprint density at radius 2 is 1.78 bits per heavy atom. The number of hydrogen-bond donors (Lipinski definition) is 1. The van der Waals surface area contributed by atoms with E-state index in [4.69, 9.17) is 21.1 Å². The lowest BCUT2D eigenvalue weighted by molar-refractivity contribution is 0.269. The first kappa shape index (κ1) is 17.4. The maximum atomic E-state index is 5.89. The van der Waals surface area contributed by atoms with Crippen molar-refractivity contribution in [2.24, 2.45) is 0 Å². The highest BCUT2D eigenvalue weighted by Gasteiger charge is 2.07. The van der Waals surface area contributed by atoms with Gasteiger partial charge < -0.3 is 14.8 Å². The zero-order chi connectivity index (χ0) is 16.5.